The molecule has 0 fully saturated rings. The summed E-state index contributed by atoms with van der Waals surface area (Å²) in [5.74, 6) is -10.4. The van der Waals surface area contributed by atoms with E-state index in [9.17, 15) is 28.6 Å². The van der Waals surface area contributed by atoms with Crippen LogP contribution in [0.25, 0.3) is 44.6 Å². The number of hydrogen-bond donors (Lipinski definition) is 2. The molecule has 16 nitrogen and oxygen atoms in total. The summed E-state index contributed by atoms with van der Waals surface area (Å²) in [5, 5.41) is 36.5. The third-order valence-corrected chi connectivity index (χ3v) is 13.4. The number of carbonyl (C=O) groups is 2. The van der Waals surface area contributed by atoms with Crippen molar-refractivity contribution in [1.29, 1.82) is 10.5 Å². The van der Waals surface area contributed by atoms with E-state index in [4.69, 9.17) is 29.5 Å². The van der Waals surface area contributed by atoms with Crippen LogP contribution in [0.15, 0.2) is 121 Å². The molecule has 24 heteroatoms. The van der Waals surface area contributed by atoms with Gasteiger partial charge < -0.3 is 38.3 Å². The van der Waals surface area contributed by atoms with Crippen molar-refractivity contribution in [3.8, 4) is 46.4 Å². The van der Waals surface area contributed by atoms with E-state index in [2.05, 4.69) is 19.9 Å². The van der Waals surface area contributed by atoms with Crippen molar-refractivity contribution in [2.75, 3.05) is 27.4 Å². The smallest absolute Gasteiger partial charge is 0.338 e. The van der Waals surface area contributed by atoms with Gasteiger partial charge in [-0.25, -0.2) is 64.6 Å². The number of aromatic carboxylic acids is 2. The number of ether oxygens (including phenoxy) is 4. The quantitative estimate of drug-likeness (QED) is 0.0678. The second-order valence-electron chi connectivity index (χ2n) is 18.9. The Kier molecular flexibility index (Phi) is 18.4. The Morgan fingerprint density at radius 2 is 0.872 bits per heavy atom. The summed E-state index contributed by atoms with van der Waals surface area (Å²) < 4.78 is 144. The highest BCUT2D eigenvalue weighted by Crippen LogP contribution is 2.33. The highest BCUT2D eigenvalue weighted by Gasteiger charge is 2.25. The first-order chi connectivity index (χ1) is 41.4. The molecule has 0 saturated carbocycles. The number of aromatic nitrogens is 6. The van der Waals surface area contributed by atoms with Gasteiger partial charge in [0.25, 0.3) is 11.8 Å². The van der Waals surface area contributed by atoms with Crippen molar-refractivity contribution in [3.05, 3.63) is 224 Å². The van der Waals surface area contributed by atoms with Crippen LogP contribution < -0.4 is 9.47 Å². The van der Waals surface area contributed by atoms with Gasteiger partial charge in [0, 0.05) is 51.3 Å². The lowest BCUT2D eigenvalue weighted by atomic mass is 10.0. The Morgan fingerprint density at radius 3 is 1.22 bits per heavy atom. The number of rotatable bonds is 20. The minimum absolute atomic E-state index is 0.0743. The van der Waals surface area contributed by atoms with Crippen molar-refractivity contribution in [2.24, 2.45) is 0 Å². The van der Waals surface area contributed by atoms with Crippen LogP contribution in [0, 0.1) is 69.2 Å². The summed E-state index contributed by atoms with van der Waals surface area (Å²) >= 11 is 0. The van der Waals surface area contributed by atoms with Gasteiger partial charge in [0.05, 0.1) is 70.0 Å². The Morgan fingerprint density at radius 1 is 0.488 bits per heavy atom. The number of benzene rings is 6. The van der Waals surface area contributed by atoms with Gasteiger partial charge in [0.15, 0.2) is 23.3 Å². The fourth-order valence-corrected chi connectivity index (χ4v) is 9.09. The SMILES string of the molecule is COCCn1c(Cc2cc(F)c(-c3ccc(F)c(OCc4ccc(C#N)cc4)n3)cc2F)nc2ccc(C(=O)O)c(F)c21.COCCn1c(Cc2cc(F)c(-c3ccc(F)c(OCc4ccc(C#N)cc4)n3)cc2F)nc2ccc(C(=O)O)c(F)c21. The van der Waals surface area contributed by atoms with Crippen LogP contribution in [0.5, 0.6) is 11.8 Å². The van der Waals surface area contributed by atoms with E-state index in [-0.39, 0.29) is 120 Å². The van der Waals surface area contributed by atoms with Gasteiger partial charge in [0.1, 0.15) is 59.2 Å². The van der Waals surface area contributed by atoms with Crippen molar-refractivity contribution < 1.29 is 73.9 Å². The van der Waals surface area contributed by atoms with Gasteiger partial charge >= 0.3 is 11.9 Å². The molecule has 0 atom stereocenters. The van der Waals surface area contributed by atoms with Gasteiger partial charge in [-0.1, -0.05) is 24.3 Å². The second kappa shape index (κ2) is 26.3. The first kappa shape index (κ1) is 60.0. The van der Waals surface area contributed by atoms with Crippen LogP contribution in [-0.2, 0) is 48.6 Å². The number of nitrogens with zero attached hydrogens (tertiary/aromatic N) is 8. The van der Waals surface area contributed by atoms with Gasteiger partial charge in [-0.05, 0) is 119 Å². The average molecular weight is 1180 g/mol. The van der Waals surface area contributed by atoms with Crippen LogP contribution in [0.2, 0.25) is 0 Å². The molecule has 436 valence electrons. The summed E-state index contributed by atoms with van der Waals surface area (Å²) in [7, 11) is 2.86. The van der Waals surface area contributed by atoms with Gasteiger partial charge in [-0.3, -0.25) is 0 Å². The maximum absolute atomic E-state index is 15.4. The number of carboxylic acids is 2. The predicted octanol–water partition coefficient (Wildman–Crippen LogP) is 12.1. The minimum Gasteiger partial charge on any atom is -0.478 e. The van der Waals surface area contributed by atoms with Crippen molar-refractivity contribution in [1.82, 2.24) is 29.1 Å². The first-order valence-electron chi connectivity index (χ1n) is 25.7. The van der Waals surface area contributed by atoms with Gasteiger partial charge in [-0.2, -0.15) is 10.5 Å². The topological polar surface area (TPSA) is 221 Å². The number of fused-ring (bicyclic) bond motifs is 2. The van der Waals surface area contributed by atoms with Crippen molar-refractivity contribution in [3.63, 3.8) is 0 Å². The predicted molar refractivity (Wildman–Crippen MR) is 293 cm³/mol. The van der Waals surface area contributed by atoms with Crippen LogP contribution in [-0.4, -0.2) is 78.7 Å². The molecular formula is C62H44F8N8O8. The molecule has 4 aromatic heterocycles. The fourth-order valence-electron chi connectivity index (χ4n) is 9.09. The lowest BCUT2D eigenvalue weighted by Gasteiger charge is -2.12. The summed E-state index contributed by atoms with van der Waals surface area (Å²) in [6.45, 7) is 0.249. The number of carboxylic acid groups (broad SMARTS) is 2. The highest BCUT2D eigenvalue weighted by atomic mass is 19.2. The van der Waals surface area contributed by atoms with Crippen LogP contribution >= 0.6 is 0 Å². The van der Waals surface area contributed by atoms with E-state index in [1.54, 1.807) is 48.5 Å². The molecule has 0 radical (unpaired) electrons. The largest absolute Gasteiger partial charge is 0.478 e. The number of halogens is 8. The number of imidazole rings is 2. The van der Waals surface area contributed by atoms with Crippen molar-refractivity contribution in [2.45, 2.75) is 39.1 Å². The molecule has 0 saturated heterocycles. The summed E-state index contributed by atoms with van der Waals surface area (Å²) in [4.78, 5) is 39.7. The van der Waals surface area contributed by atoms with E-state index < -0.39 is 81.4 Å². The third kappa shape index (κ3) is 13.1. The second-order valence-corrected chi connectivity index (χ2v) is 18.9. The van der Waals surface area contributed by atoms with Gasteiger partial charge in [-0.15, -0.1) is 0 Å². The molecule has 0 bridgehead atoms. The zero-order valence-corrected chi connectivity index (χ0v) is 45.1. The highest BCUT2D eigenvalue weighted by molar-refractivity contribution is 5.94. The summed E-state index contributed by atoms with van der Waals surface area (Å²) in [6.07, 6.45) is -0.502. The number of hydrogen-bond acceptors (Lipinski definition) is 12. The Labute approximate surface area is 483 Å². The first-order valence-corrected chi connectivity index (χ1v) is 25.7. The average Bonchev–Trinajstić information content (AvgIpc) is 3.95. The van der Waals surface area contributed by atoms with Crippen molar-refractivity contribution >= 4 is 34.0 Å². The van der Waals surface area contributed by atoms with E-state index in [1.165, 1.54) is 47.6 Å². The van der Waals surface area contributed by atoms with E-state index in [0.717, 1.165) is 48.5 Å². The number of methoxy groups -OCH3 is 2. The van der Waals surface area contributed by atoms with E-state index >= 15 is 26.3 Å². The monoisotopic (exact) mass is 1180 g/mol. The summed E-state index contributed by atoms with van der Waals surface area (Å²) in [6, 6.07) is 29.9. The van der Waals surface area contributed by atoms with Crippen LogP contribution in [0.4, 0.5) is 35.1 Å². The molecule has 0 aliphatic rings. The maximum atomic E-state index is 15.4. The number of pyridine rings is 2. The molecule has 0 aliphatic heterocycles. The molecule has 0 spiro atoms. The lowest BCUT2D eigenvalue weighted by Crippen LogP contribution is -2.11. The lowest BCUT2D eigenvalue weighted by molar-refractivity contribution is 0.0681. The third-order valence-electron chi connectivity index (χ3n) is 13.4. The molecule has 86 heavy (non-hydrogen) atoms. The maximum Gasteiger partial charge on any atom is 0.338 e. The number of nitriles is 2. The molecule has 0 aliphatic carbocycles. The van der Waals surface area contributed by atoms with E-state index in [0.29, 0.717) is 22.3 Å². The summed E-state index contributed by atoms with van der Waals surface area (Å²) in [5.41, 5.74) is 0.358. The molecule has 6 aromatic carbocycles. The minimum atomic E-state index is -1.46. The molecule has 2 N–H and O–H groups in total. The van der Waals surface area contributed by atoms with E-state index in [1.807, 2.05) is 12.1 Å². The van der Waals surface area contributed by atoms with Gasteiger partial charge in [0.2, 0.25) is 0 Å². The standard InChI is InChI=1S/2C31H22F4N4O4/c2*1-42-11-10-39-27(37-26-8-6-20(31(40)41)28(35)29(26)39)13-19-12-24(34)21(14-23(19)33)25-9-7-22(32)30(38-25)43-16-18-4-2-17(15-36)3-5-18/h2*2-9,12,14H,10-11,13,16H2,1H3,(H,40,41). The molecule has 4 heterocycles. The Bertz CT molecular complexity index is 4040. The zero-order chi connectivity index (χ0) is 61.3. The fraction of sp³-hybridized carbons (Fsp3) is 0.161. The Balaban J connectivity index is 0.000000205. The Hall–Kier alpha value is -10.6. The normalized spacial score (nSPS) is 11.1. The zero-order valence-electron chi connectivity index (χ0n) is 45.1. The van der Waals surface area contributed by atoms with Crippen LogP contribution in [0.3, 0.4) is 0 Å². The molecule has 10 aromatic rings. The molecular weight excluding hydrogens is 1140 g/mol. The molecule has 0 amide bonds. The molecule has 0 unspecified atom stereocenters. The van der Waals surface area contributed by atoms with Crippen LogP contribution in [0.1, 0.15) is 65.7 Å². The molecule has 10 rings (SSSR count).